The molecule has 1 atom stereocenters. The van der Waals surface area contributed by atoms with Crippen molar-refractivity contribution in [1.82, 2.24) is 10.4 Å². The first kappa shape index (κ1) is 27.1. The van der Waals surface area contributed by atoms with E-state index in [0.717, 1.165) is 12.8 Å². The summed E-state index contributed by atoms with van der Waals surface area (Å²) in [4.78, 5) is 28.2. The Balaban J connectivity index is -0.00000264. The van der Waals surface area contributed by atoms with Gasteiger partial charge in [0.15, 0.2) is 0 Å². The Bertz CT molecular complexity index is 345. The molecular formula is C19H39N2NaO3. The molecule has 1 N–H and O–H groups in total. The summed E-state index contributed by atoms with van der Waals surface area (Å²) >= 11 is 0. The van der Waals surface area contributed by atoms with Gasteiger partial charge in [-0.05, 0) is 19.8 Å². The zero-order valence-corrected chi connectivity index (χ0v) is 19.2. The smallest absolute Gasteiger partial charge is 1.00 e. The van der Waals surface area contributed by atoms with Crippen molar-refractivity contribution in [3.63, 3.8) is 0 Å². The van der Waals surface area contributed by atoms with Crippen LogP contribution in [0.5, 0.6) is 0 Å². The normalized spacial score (nSPS) is 11.7. The Hall–Kier alpha value is -0.100. The first-order valence-corrected chi connectivity index (χ1v) is 9.63. The Kier molecular flexibility index (Phi) is 20.3. The standard InChI is InChI=1S/C19H38N2O3.Na.H/c1-5-6-7-8-9-10-11-12-13-14-18(22)20-17(2)15-16-19(23)24-21(3)4;;/h17H,5-16H2,1-4H3,(H,20,22);;/q;+1;-1. The van der Waals surface area contributed by atoms with Crippen LogP contribution in [0.4, 0.5) is 0 Å². The van der Waals surface area contributed by atoms with E-state index in [0.29, 0.717) is 19.3 Å². The molecule has 0 aliphatic heterocycles. The summed E-state index contributed by atoms with van der Waals surface area (Å²) in [6, 6.07) is 0.00535. The van der Waals surface area contributed by atoms with Gasteiger partial charge in [-0.15, -0.1) is 5.06 Å². The minimum Gasteiger partial charge on any atom is -1.00 e. The van der Waals surface area contributed by atoms with Crippen LogP contribution in [-0.2, 0) is 14.4 Å². The maximum Gasteiger partial charge on any atom is 1.00 e. The largest absolute Gasteiger partial charge is 1.00 e. The second kappa shape index (κ2) is 18.7. The molecule has 1 amide bonds. The average molecular weight is 367 g/mol. The predicted molar refractivity (Wildman–Crippen MR) is 99.6 cm³/mol. The van der Waals surface area contributed by atoms with Crippen molar-refractivity contribution in [2.45, 2.75) is 96.9 Å². The van der Waals surface area contributed by atoms with Crippen LogP contribution >= 0.6 is 0 Å². The summed E-state index contributed by atoms with van der Waals surface area (Å²) in [5.41, 5.74) is 0. The van der Waals surface area contributed by atoms with Crippen LogP contribution in [0.2, 0.25) is 0 Å². The van der Waals surface area contributed by atoms with E-state index in [1.54, 1.807) is 14.1 Å². The van der Waals surface area contributed by atoms with E-state index in [9.17, 15) is 9.59 Å². The molecule has 144 valence electrons. The van der Waals surface area contributed by atoms with Crippen LogP contribution < -0.4 is 34.9 Å². The number of carbonyl (C=O) groups excluding carboxylic acids is 2. The number of carbonyl (C=O) groups is 2. The molecular weight excluding hydrogens is 327 g/mol. The molecule has 25 heavy (non-hydrogen) atoms. The van der Waals surface area contributed by atoms with Gasteiger partial charge in [0.25, 0.3) is 0 Å². The SMILES string of the molecule is CCCCCCCCCCCC(=O)NC(C)CCC(=O)ON(C)C.[H-].[Na+]. The van der Waals surface area contributed by atoms with E-state index in [1.807, 2.05) is 6.92 Å². The fourth-order valence-corrected chi connectivity index (χ4v) is 2.60. The van der Waals surface area contributed by atoms with Gasteiger partial charge in [0.1, 0.15) is 0 Å². The van der Waals surface area contributed by atoms with E-state index in [4.69, 9.17) is 4.84 Å². The first-order chi connectivity index (χ1) is 11.5. The summed E-state index contributed by atoms with van der Waals surface area (Å²) < 4.78 is 0. The Labute approximate surface area is 178 Å². The molecule has 0 saturated carbocycles. The Morgan fingerprint density at radius 3 is 2.00 bits per heavy atom. The third kappa shape index (κ3) is 20.1. The molecule has 0 fully saturated rings. The fourth-order valence-electron chi connectivity index (χ4n) is 2.60. The second-order valence-electron chi connectivity index (χ2n) is 6.86. The summed E-state index contributed by atoms with van der Waals surface area (Å²) in [7, 11) is 3.35. The van der Waals surface area contributed by atoms with Crippen LogP contribution in [0, 0.1) is 0 Å². The Morgan fingerprint density at radius 2 is 1.48 bits per heavy atom. The maximum absolute atomic E-state index is 11.8. The molecule has 0 aromatic rings. The number of hydrogen-bond acceptors (Lipinski definition) is 4. The van der Waals surface area contributed by atoms with Gasteiger partial charge in [0.05, 0.1) is 0 Å². The molecule has 6 heteroatoms. The van der Waals surface area contributed by atoms with E-state index in [2.05, 4.69) is 12.2 Å². The molecule has 5 nitrogen and oxygen atoms in total. The van der Waals surface area contributed by atoms with E-state index in [1.165, 1.54) is 50.0 Å². The molecule has 0 aliphatic carbocycles. The van der Waals surface area contributed by atoms with E-state index in [-0.39, 0.29) is 48.9 Å². The Morgan fingerprint density at radius 1 is 0.960 bits per heavy atom. The topological polar surface area (TPSA) is 58.6 Å². The zero-order chi connectivity index (χ0) is 18.2. The summed E-state index contributed by atoms with van der Waals surface area (Å²) in [5.74, 6) is -0.175. The molecule has 0 bridgehead atoms. The molecule has 0 heterocycles. The predicted octanol–water partition coefficient (Wildman–Crippen LogP) is 1.33. The van der Waals surface area contributed by atoms with Gasteiger partial charge in [-0.25, -0.2) is 0 Å². The van der Waals surface area contributed by atoms with Crippen molar-refractivity contribution in [3.05, 3.63) is 0 Å². The quantitative estimate of drug-likeness (QED) is 0.270. The van der Waals surface area contributed by atoms with Crippen molar-refractivity contribution < 1.29 is 45.4 Å². The third-order valence-electron chi connectivity index (χ3n) is 3.98. The number of hydroxylamine groups is 2. The molecule has 0 spiro atoms. The molecule has 0 saturated heterocycles. The minimum absolute atomic E-state index is 0. The summed E-state index contributed by atoms with van der Waals surface area (Å²) in [6.45, 7) is 4.17. The third-order valence-corrected chi connectivity index (χ3v) is 3.98. The molecule has 0 aromatic heterocycles. The fraction of sp³-hybridized carbons (Fsp3) is 0.895. The second-order valence-corrected chi connectivity index (χ2v) is 6.86. The van der Waals surface area contributed by atoms with Crippen molar-refractivity contribution in [2.75, 3.05) is 14.1 Å². The van der Waals surface area contributed by atoms with Crippen LogP contribution in [0.1, 0.15) is 92.3 Å². The number of rotatable bonds is 15. The number of nitrogens with one attached hydrogen (secondary N) is 1. The molecule has 0 rings (SSSR count). The van der Waals surface area contributed by atoms with Crippen LogP contribution in [0.15, 0.2) is 0 Å². The summed E-state index contributed by atoms with van der Waals surface area (Å²) in [5, 5.41) is 4.34. The van der Waals surface area contributed by atoms with Gasteiger partial charge in [0, 0.05) is 33.0 Å². The van der Waals surface area contributed by atoms with Crippen LogP contribution in [0.25, 0.3) is 0 Å². The van der Waals surface area contributed by atoms with Gasteiger partial charge in [-0.1, -0.05) is 58.3 Å². The molecule has 0 radical (unpaired) electrons. The van der Waals surface area contributed by atoms with Gasteiger partial charge in [0.2, 0.25) is 5.91 Å². The molecule has 0 aromatic carbocycles. The summed E-state index contributed by atoms with van der Waals surface area (Å²) in [6.07, 6.45) is 12.8. The van der Waals surface area contributed by atoms with Crippen molar-refractivity contribution >= 4 is 11.9 Å². The van der Waals surface area contributed by atoms with E-state index < -0.39 is 0 Å². The van der Waals surface area contributed by atoms with Crippen molar-refractivity contribution in [2.24, 2.45) is 0 Å². The van der Waals surface area contributed by atoms with Crippen LogP contribution in [-0.4, -0.2) is 37.1 Å². The zero-order valence-electron chi connectivity index (χ0n) is 18.2. The van der Waals surface area contributed by atoms with Crippen LogP contribution in [0.3, 0.4) is 0 Å². The van der Waals surface area contributed by atoms with Crippen molar-refractivity contribution in [1.29, 1.82) is 0 Å². The monoisotopic (exact) mass is 366 g/mol. The number of hydrogen-bond donors (Lipinski definition) is 1. The molecule has 1 unspecified atom stereocenters. The average Bonchev–Trinajstić information content (AvgIpc) is 2.50. The number of nitrogens with zero attached hydrogens (tertiary/aromatic N) is 1. The van der Waals surface area contributed by atoms with Gasteiger partial charge in [-0.3, -0.25) is 9.59 Å². The number of amides is 1. The molecule has 0 aliphatic rings. The van der Waals surface area contributed by atoms with Crippen molar-refractivity contribution in [3.8, 4) is 0 Å². The van der Waals surface area contributed by atoms with Gasteiger partial charge >= 0.3 is 35.5 Å². The maximum atomic E-state index is 11.8. The first-order valence-electron chi connectivity index (χ1n) is 9.63. The minimum atomic E-state index is -0.264. The van der Waals surface area contributed by atoms with E-state index >= 15 is 0 Å². The van der Waals surface area contributed by atoms with Gasteiger partial charge < -0.3 is 11.6 Å². The van der Waals surface area contributed by atoms with Gasteiger partial charge in [-0.2, -0.15) is 0 Å². The number of unbranched alkanes of at least 4 members (excludes halogenated alkanes) is 8.